The monoisotopic (exact) mass is 405 g/mol. The normalized spacial score (nSPS) is 11.3. The van der Waals surface area contributed by atoms with Crippen LogP contribution in [-0.4, -0.2) is 25.9 Å². The summed E-state index contributed by atoms with van der Waals surface area (Å²) < 4.78 is 16.7. The molecule has 154 valence electrons. The van der Waals surface area contributed by atoms with Crippen LogP contribution >= 0.6 is 0 Å². The van der Waals surface area contributed by atoms with Crippen molar-refractivity contribution >= 4 is 17.4 Å². The number of rotatable bonds is 8. The predicted molar refractivity (Wildman–Crippen MR) is 114 cm³/mol. The number of ether oxygens (including phenoxy) is 3. The van der Waals surface area contributed by atoms with E-state index >= 15 is 0 Å². The maximum atomic E-state index is 13.1. The molecule has 3 aromatic carbocycles. The van der Waals surface area contributed by atoms with Crippen molar-refractivity contribution in [1.82, 2.24) is 0 Å². The molecule has 0 saturated carbocycles. The van der Waals surface area contributed by atoms with Crippen molar-refractivity contribution < 1.29 is 23.8 Å². The highest BCUT2D eigenvalue weighted by molar-refractivity contribution is 5.96. The van der Waals surface area contributed by atoms with Crippen molar-refractivity contribution in [3.63, 3.8) is 0 Å². The summed E-state index contributed by atoms with van der Waals surface area (Å²) in [6, 6.07) is 21.1. The van der Waals surface area contributed by atoms with E-state index in [2.05, 4.69) is 5.32 Å². The van der Waals surface area contributed by atoms with E-state index in [9.17, 15) is 9.59 Å². The molecule has 0 aromatic heterocycles. The van der Waals surface area contributed by atoms with Crippen LogP contribution in [0, 0.1) is 0 Å². The number of nitrogens with one attached hydrogen (secondary N) is 1. The number of hydrogen-bond acceptors (Lipinski definition) is 5. The van der Waals surface area contributed by atoms with Gasteiger partial charge in [-0.05, 0) is 37.3 Å². The number of hydrogen-bond donors (Lipinski definition) is 1. The van der Waals surface area contributed by atoms with E-state index in [1.165, 1.54) is 14.0 Å². The van der Waals surface area contributed by atoms with Gasteiger partial charge in [-0.25, -0.2) is 0 Å². The molecule has 0 fully saturated rings. The quantitative estimate of drug-likeness (QED) is 0.552. The van der Waals surface area contributed by atoms with Crippen LogP contribution in [0.4, 0.5) is 5.69 Å². The number of amides is 1. The topological polar surface area (TPSA) is 73.9 Å². The molecule has 1 amide bonds. The van der Waals surface area contributed by atoms with Gasteiger partial charge in [-0.1, -0.05) is 36.4 Å². The average molecular weight is 405 g/mol. The Kier molecular flexibility index (Phi) is 6.70. The third-order valence-corrected chi connectivity index (χ3v) is 4.49. The first-order valence-electron chi connectivity index (χ1n) is 9.37. The summed E-state index contributed by atoms with van der Waals surface area (Å²) in [5, 5.41) is 2.86. The van der Waals surface area contributed by atoms with Crippen molar-refractivity contribution in [1.29, 1.82) is 0 Å². The molecule has 0 unspecified atom stereocenters. The van der Waals surface area contributed by atoms with Gasteiger partial charge in [0.1, 0.15) is 5.75 Å². The van der Waals surface area contributed by atoms with Gasteiger partial charge in [0.05, 0.1) is 14.2 Å². The number of ketones is 1. The van der Waals surface area contributed by atoms with Crippen LogP contribution < -0.4 is 19.5 Å². The van der Waals surface area contributed by atoms with E-state index < -0.39 is 6.10 Å². The van der Waals surface area contributed by atoms with Gasteiger partial charge in [-0.2, -0.15) is 0 Å². The third-order valence-electron chi connectivity index (χ3n) is 4.49. The van der Waals surface area contributed by atoms with Gasteiger partial charge in [-0.15, -0.1) is 0 Å². The first-order chi connectivity index (χ1) is 14.5. The minimum Gasteiger partial charge on any atom is -0.497 e. The summed E-state index contributed by atoms with van der Waals surface area (Å²) >= 11 is 0. The average Bonchev–Trinajstić information content (AvgIpc) is 2.77. The molecule has 6 nitrogen and oxygen atoms in total. The zero-order chi connectivity index (χ0) is 21.5. The zero-order valence-corrected chi connectivity index (χ0v) is 17.0. The molecular formula is C24H23NO5. The van der Waals surface area contributed by atoms with E-state index in [-0.39, 0.29) is 11.7 Å². The summed E-state index contributed by atoms with van der Waals surface area (Å²) in [4.78, 5) is 24.8. The molecule has 3 aromatic rings. The highest BCUT2D eigenvalue weighted by Gasteiger charge is 2.24. The fraction of sp³-hybridized carbons (Fsp3) is 0.167. The predicted octanol–water partition coefficient (Wildman–Crippen LogP) is 4.67. The second-order valence-corrected chi connectivity index (χ2v) is 6.55. The molecule has 3 rings (SSSR count). The number of Topliss-reactive ketones (excluding diaryl/α,β-unsaturated/α-hetero) is 1. The second-order valence-electron chi connectivity index (χ2n) is 6.55. The number of carbonyl (C=O) groups excluding carboxylic acids is 2. The Bertz CT molecular complexity index is 1030. The van der Waals surface area contributed by atoms with Gasteiger partial charge < -0.3 is 19.5 Å². The molecule has 1 N–H and O–H groups in total. The standard InChI is InChI=1S/C24H23NO5/c1-16(26)18-12-13-21(22(14-18)29-3)30-23(17-8-5-4-6-9-17)24(27)25-19-10-7-11-20(15-19)28-2/h4-15,23H,1-3H3,(H,25,27)/t23-/m0/s1. The van der Waals surface area contributed by atoms with Crippen LogP contribution in [-0.2, 0) is 4.79 Å². The van der Waals surface area contributed by atoms with Gasteiger partial charge in [0.25, 0.3) is 5.91 Å². The summed E-state index contributed by atoms with van der Waals surface area (Å²) in [6.45, 7) is 1.48. The van der Waals surface area contributed by atoms with Crippen molar-refractivity contribution in [2.75, 3.05) is 19.5 Å². The van der Waals surface area contributed by atoms with Crippen molar-refractivity contribution in [2.24, 2.45) is 0 Å². The molecule has 0 saturated heterocycles. The van der Waals surface area contributed by atoms with E-state index in [4.69, 9.17) is 14.2 Å². The lowest BCUT2D eigenvalue weighted by atomic mass is 10.1. The van der Waals surface area contributed by atoms with E-state index in [0.29, 0.717) is 34.1 Å². The fourth-order valence-corrected chi connectivity index (χ4v) is 2.92. The lowest BCUT2D eigenvalue weighted by Gasteiger charge is -2.21. The summed E-state index contributed by atoms with van der Waals surface area (Å²) in [6.07, 6.45) is -0.936. The molecule has 0 radical (unpaired) electrons. The highest BCUT2D eigenvalue weighted by atomic mass is 16.5. The lowest BCUT2D eigenvalue weighted by Crippen LogP contribution is -2.26. The maximum absolute atomic E-state index is 13.1. The maximum Gasteiger partial charge on any atom is 0.270 e. The Morgan fingerprint density at radius 2 is 1.60 bits per heavy atom. The molecule has 0 spiro atoms. The molecule has 0 heterocycles. The summed E-state index contributed by atoms with van der Waals surface area (Å²) in [7, 11) is 3.05. The van der Waals surface area contributed by atoms with E-state index in [1.807, 2.05) is 30.3 Å². The number of methoxy groups -OCH3 is 2. The molecule has 0 bridgehead atoms. The number of carbonyl (C=O) groups is 2. The van der Waals surface area contributed by atoms with E-state index in [0.717, 1.165) is 0 Å². The Morgan fingerprint density at radius 1 is 0.833 bits per heavy atom. The molecule has 1 atom stereocenters. The van der Waals surface area contributed by atoms with Gasteiger partial charge in [-0.3, -0.25) is 9.59 Å². The Hall–Kier alpha value is -3.80. The molecule has 0 aliphatic heterocycles. The van der Waals surface area contributed by atoms with Gasteiger partial charge in [0.15, 0.2) is 17.3 Å². The smallest absolute Gasteiger partial charge is 0.270 e. The van der Waals surface area contributed by atoms with Crippen molar-refractivity contribution in [3.8, 4) is 17.2 Å². The van der Waals surface area contributed by atoms with Gasteiger partial charge >= 0.3 is 0 Å². The van der Waals surface area contributed by atoms with Gasteiger partial charge in [0, 0.05) is 22.9 Å². The van der Waals surface area contributed by atoms with Crippen LogP contribution in [0.15, 0.2) is 72.8 Å². The summed E-state index contributed by atoms with van der Waals surface area (Å²) in [5.41, 5.74) is 1.76. The minimum atomic E-state index is -0.936. The second kappa shape index (κ2) is 9.60. The Balaban J connectivity index is 1.92. The molecule has 0 aliphatic carbocycles. The Morgan fingerprint density at radius 3 is 2.27 bits per heavy atom. The summed E-state index contributed by atoms with van der Waals surface area (Å²) in [5.74, 6) is 0.920. The van der Waals surface area contributed by atoms with Crippen LogP contribution in [0.5, 0.6) is 17.2 Å². The first-order valence-corrected chi connectivity index (χ1v) is 9.37. The van der Waals surface area contributed by atoms with Gasteiger partial charge in [0.2, 0.25) is 6.10 Å². The molecule has 30 heavy (non-hydrogen) atoms. The zero-order valence-electron chi connectivity index (χ0n) is 17.0. The molecule has 0 aliphatic rings. The Labute approximate surface area is 175 Å². The lowest BCUT2D eigenvalue weighted by molar-refractivity contribution is -0.123. The number of anilines is 1. The van der Waals surface area contributed by atoms with E-state index in [1.54, 1.807) is 49.6 Å². The van der Waals surface area contributed by atoms with Crippen LogP contribution in [0.25, 0.3) is 0 Å². The SMILES string of the molecule is COc1cccc(NC(=O)[C@@H](Oc2ccc(C(C)=O)cc2OC)c2ccccc2)c1. The van der Waals surface area contributed by atoms with Crippen LogP contribution in [0.3, 0.4) is 0 Å². The molecule has 6 heteroatoms. The first kappa shape index (κ1) is 20.9. The largest absolute Gasteiger partial charge is 0.497 e. The van der Waals surface area contributed by atoms with Crippen molar-refractivity contribution in [3.05, 3.63) is 83.9 Å². The van der Waals surface area contributed by atoms with Crippen LogP contribution in [0.2, 0.25) is 0 Å². The van der Waals surface area contributed by atoms with Crippen molar-refractivity contribution in [2.45, 2.75) is 13.0 Å². The minimum absolute atomic E-state index is 0.0878. The highest BCUT2D eigenvalue weighted by Crippen LogP contribution is 2.33. The molecular weight excluding hydrogens is 382 g/mol. The fourth-order valence-electron chi connectivity index (χ4n) is 2.92. The third kappa shape index (κ3) is 4.97. The van der Waals surface area contributed by atoms with Crippen LogP contribution in [0.1, 0.15) is 28.9 Å². The number of benzene rings is 3.